The topological polar surface area (TPSA) is 99.9 Å². The van der Waals surface area contributed by atoms with Gasteiger partial charge in [0, 0.05) is 5.69 Å². The number of amides is 1. The zero-order chi connectivity index (χ0) is 19.2. The first-order valence-electron chi connectivity index (χ1n) is 7.84. The number of nitriles is 1. The van der Waals surface area contributed by atoms with Crippen LogP contribution >= 0.6 is 11.6 Å². The summed E-state index contributed by atoms with van der Waals surface area (Å²) in [4.78, 5) is 20.6. The van der Waals surface area contributed by atoms with Crippen molar-refractivity contribution < 1.29 is 9.53 Å². The van der Waals surface area contributed by atoms with Gasteiger partial charge in [0.05, 0.1) is 35.8 Å². The van der Waals surface area contributed by atoms with Gasteiger partial charge in [-0.15, -0.1) is 0 Å². The summed E-state index contributed by atoms with van der Waals surface area (Å²) in [7, 11) is 1.54. The molecular formula is C19H14ClN5O2. The number of nitrogens with zero attached hydrogens (tertiary/aromatic N) is 3. The number of rotatable bonds is 5. The average molecular weight is 380 g/mol. The monoisotopic (exact) mass is 379 g/mol. The molecule has 2 aromatic carbocycles. The van der Waals surface area contributed by atoms with Crippen molar-refractivity contribution in [2.75, 3.05) is 17.7 Å². The Morgan fingerprint density at radius 2 is 2.00 bits per heavy atom. The van der Waals surface area contributed by atoms with Crippen LogP contribution in [0.1, 0.15) is 16.1 Å². The Hall–Kier alpha value is -3.63. The number of carbonyl (C=O) groups excluding carboxylic acids is 1. The van der Waals surface area contributed by atoms with Crippen LogP contribution in [0.15, 0.2) is 54.9 Å². The molecule has 134 valence electrons. The fraction of sp³-hybridized carbons (Fsp3) is 0.0526. The molecule has 27 heavy (non-hydrogen) atoms. The summed E-state index contributed by atoms with van der Waals surface area (Å²) in [6, 6.07) is 13.9. The number of nitrogens with one attached hydrogen (secondary N) is 2. The summed E-state index contributed by atoms with van der Waals surface area (Å²) in [5.74, 6) is 0.562. The van der Waals surface area contributed by atoms with E-state index in [1.54, 1.807) is 49.6 Å². The number of para-hydroxylation sites is 1. The van der Waals surface area contributed by atoms with Crippen LogP contribution in [0.3, 0.4) is 0 Å². The Balaban J connectivity index is 1.70. The third-order valence-electron chi connectivity index (χ3n) is 3.60. The maximum atomic E-state index is 12.3. The minimum absolute atomic E-state index is 0.126. The van der Waals surface area contributed by atoms with E-state index in [9.17, 15) is 4.79 Å². The van der Waals surface area contributed by atoms with E-state index in [2.05, 4.69) is 20.6 Å². The molecule has 0 radical (unpaired) electrons. The van der Waals surface area contributed by atoms with Crippen molar-refractivity contribution in [1.29, 1.82) is 5.26 Å². The molecule has 0 saturated carbocycles. The fourth-order valence-corrected chi connectivity index (χ4v) is 2.54. The van der Waals surface area contributed by atoms with Crippen molar-refractivity contribution in [1.82, 2.24) is 9.97 Å². The predicted molar refractivity (Wildman–Crippen MR) is 102 cm³/mol. The van der Waals surface area contributed by atoms with Crippen molar-refractivity contribution in [2.45, 2.75) is 0 Å². The van der Waals surface area contributed by atoms with Gasteiger partial charge in [-0.25, -0.2) is 9.97 Å². The van der Waals surface area contributed by atoms with Gasteiger partial charge < -0.3 is 15.4 Å². The van der Waals surface area contributed by atoms with E-state index < -0.39 is 5.91 Å². The van der Waals surface area contributed by atoms with Gasteiger partial charge in [0.25, 0.3) is 5.91 Å². The molecule has 0 aliphatic heterocycles. The zero-order valence-electron chi connectivity index (χ0n) is 14.2. The normalized spacial score (nSPS) is 9.96. The van der Waals surface area contributed by atoms with Crippen LogP contribution in [0.2, 0.25) is 5.02 Å². The number of hydrogen-bond acceptors (Lipinski definition) is 6. The number of ether oxygens (including phenoxy) is 1. The second kappa shape index (κ2) is 8.17. The first-order chi connectivity index (χ1) is 13.1. The molecular weight excluding hydrogens is 366 g/mol. The molecule has 2 N–H and O–H groups in total. The molecule has 1 heterocycles. The predicted octanol–water partition coefficient (Wildman–Crippen LogP) is 4.01. The van der Waals surface area contributed by atoms with Crippen LogP contribution in [0.25, 0.3) is 0 Å². The molecule has 1 amide bonds. The maximum absolute atomic E-state index is 12.3. The first-order valence-corrected chi connectivity index (χ1v) is 8.21. The van der Waals surface area contributed by atoms with Crippen molar-refractivity contribution in [2.24, 2.45) is 0 Å². The number of halogens is 1. The van der Waals surface area contributed by atoms with Crippen LogP contribution in [0.4, 0.5) is 17.2 Å². The third-order valence-corrected chi connectivity index (χ3v) is 3.90. The van der Waals surface area contributed by atoms with Crippen molar-refractivity contribution in [3.63, 3.8) is 0 Å². The second-order valence-electron chi connectivity index (χ2n) is 5.37. The Labute approximate surface area is 160 Å². The lowest BCUT2D eigenvalue weighted by Gasteiger charge is -2.09. The molecule has 0 saturated heterocycles. The average Bonchev–Trinajstić information content (AvgIpc) is 2.69. The van der Waals surface area contributed by atoms with Gasteiger partial charge in [-0.2, -0.15) is 5.26 Å². The summed E-state index contributed by atoms with van der Waals surface area (Å²) in [5, 5.41) is 15.2. The molecule has 0 spiro atoms. The SMILES string of the molecule is COc1ccc(Nc2cnc(C(=O)Nc3ccccc3C#N)cn2)cc1Cl. The summed E-state index contributed by atoms with van der Waals surface area (Å²) in [6.45, 7) is 0. The zero-order valence-corrected chi connectivity index (χ0v) is 15.0. The number of methoxy groups -OCH3 is 1. The van der Waals surface area contributed by atoms with Gasteiger partial charge in [-0.05, 0) is 30.3 Å². The number of carbonyl (C=O) groups is 1. The largest absolute Gasteiger partial charge is 0.495 e. The Kier molecular flexibility index (Phi) is 5.50. The van der Waals surface area contributed by atoms with Gasteiger partial charge in [-0.3, -0.25) is 4.79 Å². The first kappa shape index (κ1) is 18.2. The van der Waals surface area contributed by atoms with E-state index in [1.165, 1.54) is 12.4 Å². The van der Waals surface area contributed by atoms with Crippen molar-refractivity contribution in [3.05, 3.63) is 71.1 Å². The Bertz CT molecular complexity index is 1020. The number of hydrogen-bond donors (Lipinski definition) is 2. The van der Waals surface area contributed by atoms with Crippen LogP contribution in [-0.4, -0.2) is 23.0 Å². The summed E-state index contributed by atoms with van der Waals surface area (Å²) < 4.78 is 5.11. The number of benzene rings is 2. The molecule has 0 fully saturated rings. The van der Waals surface area contributed by atoms with E-state index in [0.717, 1.165) is 0 Å². The van der Waals surface area contributed by atoms with E-state index in [0.29, 0.717) is 33.5 Å². The van der Waals surface area contributed by atoms with E-state index in [-0.39, 0.29) is 5.69 Å². The summed E-state index contributed by atoms with van der Waals surface area (Å²) >= 11 is 6.09. The highest BCUT2D eigenvalue weighted by molar-refractivity contribution is 6.32. The lowest BCUT2D eigenvalue weighted by molar-refractivity contribution is 0.102. The highest BCUT2D eigenvalue weighted by atomic mass is 35.5. The number of anilines is 3. The van der Waals surface area contributed by atoms with E-state index in [4.69, 9.17) is 21.6 Å². The van der Waals surface area contributed by atoms with Gasteiger partial charge in [0.15, 0.2) is 0 Å². The van der Waals surface area contributed by atoms with Gasteiger partial charge in [0.2, 0.25) is 0 Å². The lowest BCUT2D eigenvalue weighted by Crippen LogP contribution is -2.15. The number of aromatic nitrogens is 2. The van der Waals surface area contributed by atoms with Crippen LogP contribution in [0, 0.1) is 11.3 Å². The fourth-order valence-electron chi connectivity index (χ4n) is 2.28. The molecule has 3 rings (SSSR count). The van der Waals surface area contributed by atoms with Crippen molar-refractivity contribution >= 4 is 34.7 Å². The maximum Gasteiger partial charge on any atom is 0.275 e. The Morgan fingerprint density at radius 3 is 2.67 bits per heavy atom. The minimum Gasteiger partial charge on any atom is -0.495 e. The van der Waals surface area contributed by atoms with E-state index in [1.807, 2.05) is 6.07 Å². The summed E-state index contributed by atoms with van der Waals surface area (Å²) in [5.41, 5.74) is 1.62. The quantitative estimate of drug-likeness (QED) is 0.694. The smallest absolute Gasteiger partial charge is 0.275 e. The van der Waals surface area contributed by atoms with Gasteiger partial charge >= 0.3 is 0 Å². The minimum atomic E-state index is -0.454. The highest BCUT2D eigenvalue weighted by Gasteiger charge is 2.11. The molecule has 1 aromatic heterocycles. The molecule has 0 atom stereocenters. The standard InChI is InChI=1S/C19H14ClN5O2/c1-27-17-7-6-13(8-14(17)20)24-18-11-22-16(10-23-18)19(26)25-15-5-3-2-4-12(15)9-21/h2-8,10-11H,1H3,(H,23,24)(H,25,26). The molecule has 7 nitrogen and oxygen atoms in total. The van der Waals surface area contributed by atoms with Gasteiger partial charge in [0.1, 0.15) is 23.3 Å². The second-order valence-corrected chi connectivity index (χ2v) is 5.78. The lowest BCUT2D eigenvalue weighted by atomic mass is 10.2. The molecule has 0 aliphatic rings. The van der Waals surface area contributed by atoms with Crippen LogP contribution in [0.5, 0.6) is 5.75 Å². The molecule has 3 aromatic rings. The third kappa shape index (κ3) is 4.32. The van der Waals surface area contributed by atoms with Crippen LogP contribution < -0.4 is 15.4 Å². The van der Waals surface area contributed by atoms with Crippen molar-refractivity contribution in [3.8, 4) is 11.8 Å². The Morgan fingerprint density at radius 1 is 1.19 bits per heavy atom. The summed E-state index contributed by atoms with van der Waals surface area (Å²) in [6.07, 6.45) is 2.78. The molecule has 0 unspecified atom stereocenters. The van der Waals surface area contributed by atoms with E-state index >= 15 is 0 Å². The molecule has 8 heteroatoms. The highest BCUT2D eigenvalue weighted by Crippen LogP contribution is 2.28. The molecule has 0 bridgehead atoms. The van der Waals surface area contributed by atoms with Crippen LogP contribution in [-0.2, 0) is 0 Å². The molecule has 0 aliphatic carbocycles. The van der Waals surface area contributed by atoms with Gasteiger partial charge in [-0.1, -0.05) is 23.7 Å².